The number of aliphatic hydroxyl groups is 2. The highest BCUT2D eigenvalue weighted by molar-refractivity contribution is 5.04. The Morgan fingerprint density at radius 3 is 2.40 bits per heavy atom. The van der Waals surface area contributed by atoms with Crippen LogP contribution in [0.1, 0.15) is 62.4 Å². The van der Waals surface area contributed by atoms with Crippen molar-refractivity contribution in [1.82, 2.24) is 39.7 Å². The van der Waals surface area contributed by atoms with Crippen LogP contribution in [-0.2, 0) is 24.4 Å². The fourth-order valence-electron chi connectivity index (χ4n) is 5.40. The van der Waals surface area contributed by atoms with E-state index in [9.17, 15) is 19.8 Å². The van der Waals surface area contributed by atoms with E-state index in [0.717, 1.165) is 83.7 Å². The Kier molecular flexibility index (Phi) is 11.9. The Morgan fingerprint density at radius 1 is 1.00 bits per heavy atom. The normalized spacial score (nSPS) is 23.6. The molecule has 0 radical (unpaired) electrons. The Morgan fingerprint density at radius 2 is 1.70 bits per heavy atom. The zero-order valence-electron chi connectivity index (χ0n) is 23.7. The highest BCUT2D eigenvalue weighted by atomic mass is 16.5. The average Bonchev–Trinajstić information content (AvgIpc) is 3.54. The molecule has 3 atom stereocenters. The number of ether oxygens (including phenoxy) is 1. The third kappa shape index (κ3) is 8.54. The van der Waals surface area contributed by atoms with Gasteiger partial charge in [0.25, 0.3) is 5.56 Å². The smallest absolute Gasteiger partial charge is 0.333 e. The van der Waals surface area contributed by atoms with Crippen LogP contribution >= 0.6 is 0 Å². The van der Waals surface area contributed by atoms with E-state index in [1.54, 1.807) is 6.92 Å². The van der Waals surface area contributed by atoms with Crippen LogP contribution in [0, 0.1) is 6.92 Å². The molecular formula is C27H46N8O5. The Hall–Kier alpha value is -2.42. The van der Waals surface area contributed by atoms with Crippen LogP contribution in [-0.4, -0.2) is 97.3 Å². The third-order valence-electron chi connectivity index (χ3n) is 7.66. The molecule has 0 spiro atoms. The van der Waals surface area contributed by atoms with E-state index in [1.807, 2.05) is 10.9 Å². The van der Waals surface area contributed by atoms with Crippen molar-refractivity contribution in [2.75, 3.05) is 45.9 Å². The molecule has 0 aliphatic carbocycles. The first kappa shape index (κ1) is 30.5. The molecule has 4 rings (SSSR count). The lowest BCUT2D eigenvalue weighted by atomic mass is 10.2. The van der Waals surface area contributed by atoms with Crippen molar-refractivity contribution in [3.05, 3.63) is 44.5 Å². The van der Waals surface area contributed by atoms with Crippen molar-refractivity contribution in [2.24, 2.45) is 0 Å². The summed E-state index contributed by atoms with van der Waals surface area (Å²) in [5.41, 5.74) is 0.640. The summed E-state index contributed by atoms with van der Waals surface area (Å²) >= 11 is 0. The number of aliphatic hydroxyl groups excluding tert-OH is 2. The van der Waals surface area contributed by atoms with Gasteiger partial charge in [-0.15, -0.1) is 5.10 Å². The van der Waals surface area contributed by atoms with E-state index in [2.05, 4.69) is 25.8 Å². The number of nitrogens with zero attached hydrogens (tertiary/aromatic N) is 6. The molecule has 4 heterocycles. The van der Waals surface area contributed by atoms with Crippen LogP contribution in [0.15, 0.2) is 22.0 Å². The number of hydrogen-bond donors (Lipinski definition) is 4. The third-order valence-corrected chi connectivity index (χ3v) is 7.66. The molecule has 13 heteroatoms. The van der Waals surface area contributed by atoms with Crippen LogP contribution in [0.2, 0.25) is 0 Å². The maximum Gasteiger partial charge on any atom is 0.333 e. The summed E-state index contributed by atoms with van der Waals surface area (Å²) in [5.74, 6) is 0. The predicted octanol–water partition coefficient (Wildman–Crippen LogP) is -0.414. The fourth-order valence-corrected chi connectivity index (χ4v) is 5.40. The minimum Gasteiger partial charge on any atom is -0.394 e. The second kappa shape index (κ2) is 15.5. The lowest BCUT2D eigenvalue weighted by Gasteiger charge is -2.22. The molecule has 0 aromatic carbocycles. The van der Waals surface area contributed by atoms with E-state index in [4.69, 9.17) is 4.74 Å². The van der Waals surface area contributed by atoms with E-state index in [1.165, 1.54) is 21.8 Å². The molecule has 2 aromatic heterocycles. The molecule has 13 nitrogen and oxygen atoms in total. The quantitative estimate of drug-likeness (QED) is 0.281. The van der Waals surface area contributed by atoms with Gasteiger partial charge in [0.15, 0.2) is 0 Å². The summed E-state index contributed by atoms with van der Waals surface area (Å²) in [6, 6.07) is 0. The van der Waals surface area contributed by atoms with Gasteiger partial charge in [0, 0.05) is 44.0 Å². The zero-order valence-corrected chi connectivity index (χ0v) is 23.7. The molecule has 2 aliphatic rings. The minimum absolute atomic E-state index is 0.189. The van der Waals surface area contributed by atoms with Gasteiger partial charge in [0.2, 0.25) is 0 Å². The van der Waals surface area contributed by atoms with Crippen molar-refractivity contribution in [3.8, 4) is 0 Å². The van der Waals surface area contributed by atoms with Gasteiger partial charge < -0.3 is 25.6 Å². The van der Waals surface area contributed by atoms with E-state index >= 15 is 0 Å². The van der Waals surface area contributed by atoms with Crippen molar-refractivity contribution in [2.45, 2.75) is 89.9 Å². The molecule has 2 saturated heterocycles. The first-order chi connectivity index (χ1) is 19.5. The van der Waals surface area contributed by atoms with Crippen molar-refractivity contribution >= 4 is 0 Å². The monoisotopic (exact) mass is 562 g/mol. The molecular weight excluding hydrogens is 516 g/mol. The van der Waals surface area contributed by atoms with Crippen LogP contribution in [0.4, 0.5) is 0 Å². The first-order valence-corrected chi connectivity index (χ1v) is 14.8. The lowest BCUT2D eigenvalue weighted by Crippen LogP contribution is -2.42. The summed E-state index contributed by atoms with van der Waals surface area (Å²) in [6.07, 6.45) is 7.16. The van der Waals surface area contributed by atoms with Crippen LogP contribution in [0.3, 0.4) is 0 Å². The summed E-state index contributed by atoms with van der Waals surface area (Å²) in [5, 5.41) is 35.1. The second-order valence-electron chi connectivity index (χ2n) is 10.9. The summed E-state index contributed by atoms with van der Waals surface area (Å²) < 4.78 is 10.1. The Labute approximate surface area is 235 Å². The number of unbranched alkanes of at least 4 members (excludes halogenated alkanes) is 2. The molecule has 2 fully saturated rings. The van der Waals surface area contributed by atoms with Gasteiger partial charge in [0.05, 0.1) is 18.4 Å². The van der Waals surface area contributed by atoms with E-state index < -0.39 is 24.1 Å². The van der Waals surface area contributed by atoms with Gasteiger partial charge in [-0.05, 0) is 84.7 Å². The van der Waals surface area contributed by atoms with Gasteiger partial charge in [-0.25, -0.2) is 4.79 Å². The van der Waals surface area contributed by atoms with Gasteiger partial charge in [-0.2, -0.15) is 0 Å². The standard InChI is InChI=1S/C27H46N8O5/c1-21-17-35(25-16-23(37)24(20-36)40-25)27(39)34(26(21)38)15-4-2-3-14-33-19-22(30-31-33)18-32-12-6-10-28-8-5-9-29-11-7-13-32/h17,19,23-25,28-29,36-37H,2-16,18,20H2,1H3/t23-,24+,25+/m0/s1. The predicted molar refractivity (Wildman–Crippen MR) is 150 cm³/mol. The number of rotatable bonds is 10. The lowest BCUT2D eigenvalue weighted by molar-refractivity contribution is -0.0464. The highest BCUT2D eigenvalue weighted by Crippen LogP contribution is 2.27. The highest BCUT2D eigenvalue weighted by Gasteiger charge is 2.35. The van der Waals surface area contributed by atoms with Gasteiger partial charge in [-0.3, -0.25) is 23.5 Å². The molecule has 0 amide bonds. The molecule has 4 N–H and O–H groups in total. The maximum absolute atomic E-state index is 13.1. The van der Waals surface area contributed by atoms with E-state index in [-0.39, 0.29) is 18.6 Å². The average molecular weight is 563 g/mol. The molecule has 40 heavy (non-hydrogen) atoms. The molecule has 0 bridgehead atoms. The Bertz CT molecular complexity index is 1150. The van der Waals surface area contributed by atoms with E-state index in [0.29, 0.717) is 18.5 Å². The number of hydrogen-bond acceptors (Lipinski definition) is 10. The maximum atomic E-state index is 13.1. The number of aromatic nitrogens is 5. The molecule has 0 unspecified atom stereocenters. The number of aryl methyl sites for hydroxylation is 2. The molecule has 224 valence electrons. The SMILES string of the molecule is Cc1cn([C@H]2C[C@H](O)[C@@H](CO)O2)c(=O)n(CCCCCn2cc(CN3CCCNCCCNCCC3)nn2)c1=O. The van der Waals surface area contributed by atoms with Gasteiger partial charge in [0.1, 0.15) is 12.3 Å². The Balaban J connectivity index is 1.24. The van der Waals surface area contributed by atoms with Gasteiger partial charge >= 0.3 is 5.69 Å². The van der Waals surface area contributed by atoms with Crippen molar-refractivity contribution in [1.29, 1.82) is 0 Å². The second-order valence-corrected chi connectivity index (χ2v) is 10.9. The summed E-state index contributed by atoms with van der Waals surface area (Å²) in [4.78, 5) is 28.2. The topological polar surface area (TPSA) is 152 Å². The minimum atomic E-state index is -0.855. The fraction of sp³-hybridized carbons (Fsp3) is 0.778. The van der Waals surface area contributed by atoms with Crippen LogP contribution < -0.4 is 21.9 Å². The summed E-state index contributed by atoms with van der Waals surface area (Å²) in [7, 11) is 0. The van der Waals surface area contributed by atoms with Crippen molar-refractivity contribution in [3.63, 3.8) is 0 Å². The largest absolute Gasteiger partial charge is 0.394 e. The van der Waals surface area contributed by atoms with Crippen molar-refractivity contribution < 1.29 is 14.9 Å². The molecule has 2 aromatic rings. The first-order valence-electron chi connectivity index (χ1n) is 14.8. The number of nitrogens with one attached hydrogen (secondary N) is 2. The van der Waals surface area contributed by atoms with Gasteiger partial charge in [-0.1, -0.05) is 5.21 Å². The summed E-state index contributed by atoms with van der Waals surface area (Å²) in [6.45, 7) is 9.43. The van der Waals surface area contributed by atoms with Crippen LogP contribution in [0.5, 0.6) is 0 Å². The molecule has 2 aliphatic heterocycles. The zero-order chi connectivity index (χ0) is 28.3. The molecule has 0 saturated carbocycles. The van der Waals surface area contributed by atoms with Crippen LogP contribution in [0.25, 0.3) is 0 Å².